The van der Waals surface area contributed by atoms with Crippen LogP contribution in [0.5, 0.6) is 0 Å². The third-order valence-corrected chi connectivity index (χ3v) is 4.86. The zero-order valence-corrected chi connectivity index (χ0v) is 15.2. The molecule has 0 aromatic carbocycles. The molecule has 0 fully saturated rings. The van der Waals surface area contributed by atoms with Gasteiger partial charge in [-0.1, -0.05) is 13.0 Å². The third-order valence-electron chi connectivity index (χ3n) is 3.97. The van der Waals surface area contributed by atoms with Crippen molar-refractivity contribution in [3.63, 3.8) is 0 Å². The van der Waals surface area contributed by atoms with Crippen LogP contribution in [0.25, 0.3) is 10.6 Å². The number of nitrogens with one attached hydrogen (secondary N) is 2. The molecule has 0 saturated carbocycles. The minimum Gasteiger partial charge on any atom is -0.335 e. The van der Waals surface area contributed by atoms with Crippen LogP contribution in [-0.4, -0.2) is 43.8 Å². The summed E-state index contributed by atoms with van der Waals surface area (Å²) in [6, 6.07) is 5.98. The molecule has 3 rings (SSSR count). The highest BCUT2D eigenvalue weighted by Gasteiger charge is 2.16. The number of urea groups is 1. The zero-order valence-electron chi connectivity index (χ0n) is 14.3. The number of carbonyl (C=O) groups excluding carboxylic acids is 1. The molecule has 0 radical (unpaired) electrons. The van der Waals surface area contributed by atoms with Crippen LogP contribution < -0.4 is 5.32 Å². The molecule has 2 N–H and O–H groups in total. The highest BCUT2D eigenvalue weighted by atomic mass is 32.1. The molecule has 0 saturated heterocycles. The molecule has 0 spiro atoms. The molecule has 0 aliphatic rings. The Balaban J connectivity index is 1.55. The molecule has 3 heterocycles. The molecule has 0 bridgehead atoms. The quantitative estimate of drug-likeness (QED) is 0.681. The van der Waals surface area contributed by atoms with Gasteiger partial charge in [0.1, 0.15) is 5.69 Å². The van der Waals surface area contributed by atoms with E-state index < -0.39 is 0 Å². The summed E-state index contributed by atoms with van der Waals surface area (Å²) >= 11 is 1.64. The van der Waals surface area contributed by atoms with E-state index in [1.807, 2.05) is 34.3 Å². The molecule has 132 valence electrons. The average Bonchev–Trinajstić information content (AvgIpc) is 3.35. The predicted molar refractivity (Wildman–Crippen MR) is 98.2 cm³/mol. The van der Waals surface area contributed by atoms with E-state index in [0.717, 1.165) is 22.7 Å². The molecule has 25 heavy (non-hydrogen) atoms. The Morgan fingerprint density at radius 3 is 3.08 bits per heavy atom. The fourth-order valence-corrected chi connectivity index (χ4v) is 3.22. The van der Waals surface area contributed by atoms with Crippen molar-refractivity contribution in [2.75, 3.05) is 7.05 Å². The number of hydrogen-bond donors (Lipinski definition) is 2. The van der Waals surface area contributed by atoms with Crippen LogP contribution in [0.4, 0.5) is 4.79 Å². The van der Waals surface area contributed by atoms with Crippen molar-refractivity contribution in [3.8, 4) is 10.6 Å². The summed E-state index contributed by atoms with van der Waals surface area (Å²) in [6.07, 6.45) is 6.25. The molecule has 8 heteroatoms. The largest absolute Gasteiger partial charge is 0.335 e. The molecule has 7 nitrogen and oxygen atoms in total. The van der Waals surface area contributed by atoms with Gasteiger partial charge in [-0.3, -0.25) is 5.10 Å². The monoisotopic (exact) mass is 358 g/mol. The van der Waals surface area contributed by atoms with Crippen LogP contribution in [0.1, 0.15) is 19.0 Å². The maximum absolute atomic E-state index is 12.4. The Labute approximate surface area is 150 Å². The van der Waals surface area contributed by atoms with Crippen LogP contribution in [-0.2, 0) is 13.1 Å². The van der Waals surface area contributed by atoms with Gasteiger partial charge in [-0.25, -0.2) is 9.78 Å². The summed E-state index contributed by atoms with van der Waals surface area (Å²) in [5.74, 6) is 0. The lowest BCUT2D eigenvalue weighted by Gasteiger charge is -2.22. The van der Waals surface area contributed by atoms with Crippen LogP contribution in [0, 0.1) is 0 Å². The van der Waals surface area contributed by atoms with Crippen LogP contribution in [0.2, 0.25) is 0 Å². The van der Waals surface area contributed by atoms with E-state index in [4.69, 9.17) is 0 Å². The number of H-pyrrole nitrogens is 1. The second kappa shape index (κ2) is 7.98. The normalized spacial score (nSPS) is 12.1. The van der Waals surface area contributed by atoms with Crippen molar-refractivity contribution in [3.05, 3.63) is 48.0 Å². The fraction of sp³-hybridized carbons (Fsp3) is 0.353. The van der Waals surface area contributed by atoms with Gasteiger partial charge in [0.25, 0.3) is 0 Å². The van der Waals surface area contributed by atoms with Crippen molar-refractivity contribution in [2.24, 2.45) is 0 Å². The smallest absolute Gasteiger partial charge is 0.317 e. The SMILES string of the molecule is CC[C@@H](Cn1ccnc1)NC(=O)N(C)Cc1cc(-c2cccs2)n[nH]1. The highest BCUT2D eigenvalue weighted by Crippen LogP contribution is 2.23. The van der Waals surface area contributed by atoms with E-state index in [1.54, 1.807) is 35.8 Å². The Morgan fingerprint density at radius 2 is 2.40 bits per heavy atom. The van der Waals surface area contributed by atoms with Crippen molar-refractivity contribution in [1.29, 1.82) is 0 Å². The summed E-state index contributed by atoms with van der Waals surface area (Å²) in [5.41, 5.74) is 1.81. The minimum atomic E-state index is -0.0979. The van der Waals surface area contributed by atoms with Gasteiger partial charge in [0.2, 0.25) is 0 Å². The summed E-state index contributed by atoms with van der Waals surface area (Å²) < 4.78 is 1.97. The van der Waals surface area contributed by atoms with Crippen molar-refractivity contribution < 1.29 is 4.79 Å². The predicted octanol–water partition coefficient (Wildman–Crippen LogP) is 2.95. The first-order valence-corrected chi connectivity index (χ1v) is 9.09. The lowest BCUT2D eigenvalue weighted by atomic mass is 10.2. The average molecular weight is 358 g/mol. The van der Waals surface area contributed by atoms with E-state index in [1.165, 1.54) is 0 Å². The number of aromatic nitrogens is 4. The standard InChI is InChI=1S/C17H22N6OS/c1-3-13(11-23-7-6-18-12-23)19-17(24)22(2)10-14-9-15(21-20-14)16-5-4-8-25-16/h4-9,12-13H,3,10-11H2,1-2H3,(H,19,24)(H,20,21)/t13-/m0/s1. The van der Waals surface area contributed by atoms with E-state index in [-0.39, 0.29) is 12.1 Å². The molecule has 2 amide bonds. The maximum atomic E-state index is 12.4. The Morgan fingerprint density at radius 1 is 1.52 bits per heavy atom. The third kappa shape index (κ3) is 4.48. The van der Waals surface area contributed by atoms with Crippen molar-refractivity contribution in [1.82, 2.24) is 30.0 Å². The first kappa shape index (κ1) is 17.2. The van der Waals surface area contributed by atoms with Gasteiger partial charge in [-0.05, 0) is 23.9 Å². The molecule has 3 aromatic heterocycles. The van der Waals surface area contributed by atoms with Gasteiger partial charge in [-0.2, -0.15) is 5.10 Å². The van der Waals surface area contributed by atoms with E-state index >= 15 is 0 Å². The van der Waals surface area contributed by atoms with E-state index in [2.05, 4.69) is 27.4 Å². The fourth-order valence-electron chi connectivity index (χ4n) is 2.53. The van der Waals surface area contributed by atoms with Gasteiger partial charge >= 0.3 is 6.03 Å². The summed E-state index contributed by atoms with van der Waals surface area (Å²) in [5, 5.41) is 12.4. The molecule has 0 aliphatic carbocycles. The number of nitrogens with zero attached hydrogens (tertiary/aromatic N) is 4. The maximum Gasteiger partial charge on any atom is 0.317 e. The highest BCUT2D eigenvalue weighted by molar-refractivity contribution is 7.13. The summed E-state index contributed by atoms with van der Waals surface area (Å²) in [4.78, 5) is 19.2. The number of amides is 2. The zero-order chi connectivity index (χ0) is 17.6. The van der Waals surface area contributed by atoms with Gasteiger partial charge in [0, 0.05) is 32.0 Å². The van der Waals surface area contributed by atoms with Gasteiger partial charge in [0.15, 0.2) is 0 Å². The van der Waals surface area contributed by atoms with Crippen LogP contribution >= 0.6 is 11.3 Å². The van der Waals surface area contributed by atoms with Crippen LogP contribution in [0.3, 0.4) is 0 Å². The van der Waals surface area contributed by atoms with E-state index in [0.29, 0.717) is 13.1 Å². The lowest BCUT2D eigenvalue weighted by molar-refractivity contribution is 0.200. The number of carbonyl (C=O) groups is 1. The second-order valence-electron chi connectivity index (χ2n) is 5.93. The van der Waals surface area contributed by atoms with Gasteiger partial charge < -0.3 is 14.8 Å². The van der Waals surface area contributed by atoms with Crippen LogP contribution in [0.15, 0.2) is 42.3 Å². The lowest BCUT2D eigenvalue weighted by Crippen LogP contribution is -2.44. The minimum absolute atomic E-state index is 0.0626. The number of rotatable bonds is 7. The van der Waals surface area contributed by atoms with Gasteiger partial charge in [0.05, 0.1) is 23.4 Å². The van der Waals surface area contributed by atoms with Crippen molar-refractivity contribution in [2.45, 2.75) is 32.5 Å². The molecule has 0 aliphatic heterocycles. The number of aromatic amines is 1. The number of hydrogen-bond acceptors (Lipinski definition) is 4. The molecule has 0 unspecified atom stereocenters. The van der Waals surface area contributed by atoms with Gasteiger partial charge in [-0.15, -0.1) is 11.3 Å². The molecular formula is C17H22N6OS. The molecule has 1 atom stereocenters. The molecular weight excluding hydrogens is 336 g/mol. The topological polar surface area (TPSA) is 78.8 Å². The first-order valence-electron chi connectivity index (χ1n) is 8.21. The Kier molecular flexibility index (Phi) is 5.49. The Bertz CT molecular complexity index is 780. The number of imidazole rings is 1. The second-order valence-corrected chi connectivity index (χ2v) is 6.87. The summed E-state index contributed by atoms with van der Waals surface area (Å²) in [6.45, 7) is 3.25. The van der Waals surface area contributed by atoms with E-state index in [9.17, 15) is 4.79 Å². The van der Waals surface area contributed by atoms with Crippen molar-refractivity contribution >= 4 is 17.4 Å². The Hall–Kier alpha value is -2.61. The summed E-state index contributed by atoms with van der Waals surface area (Å²) in [7, 11) is 1.78. The molecule has 3 aromatic rings. The number of thiophene rings is 1. The first-order chi connectivity index (χ1) is 12.2.